The van der Waals surface area contributed by atoms with Crippen molar-refractivity contribution in [2.45, 2.75) is 4.90 Å². The topological polar surface area (TPSA) is 56.3 Å². The minimum absolute atomic E-state index is 0.126. The van der Waals surface area contributed by atoms with Gasteiger partial charge in [0.05, 0.1) is 6.20 Å². The van der Waals surface area contributed by atoms with Gasteiger partial charge in [0.2, 0.25) is 5.88 Å². The van der Waals surface area contributed by atoms with E-state index in [1.165, 1.54) is 24.3 Å². The van der Waals surface area contributed by atoms with Crippen LogP contribution in [0.5, 0.6) is 11.6 Å². The van der Waals surface area contributed by atoms with E-state index in [1.807, 2.05) is 0 Å². The van der Waals surface area contributed by atoms with Crippen LogP contribution in [0, 0.1) is 5.82 Å². The number of pyridine rings is 1. The third-order valence-corrected chi connectivity index (χ3v) is 3.85. The molecule has 0 spiro atoms. The van der Waals surface area contributed by atoms with E-state index >= 15 is 0 Å². The molecule has 4 nitrogen and oxygen atoms in total. The van der Waals surface area contributed by atoms with Crippen molar-refractivity contribution in [3.8, 4) is 11.6 Å². The van der Waals surface area contributed by atoms with Gasteiger partial charge >= 0.3 is 0 Å². The summed E-state index contributed by atoms with van der Waals surface area (Å²) in [5.41, 5.74) is 0. The lowest BCUT2D eigenvalue weighted by Crippen LogP contribution is -1.93. The first kappa shape index (κ1) is 14.2. The van der Waals surface area contributed by atoms with Crippen LogP contribution in [0.25, 0.3) is 0 Å². The van der Waals surface area contributed by atoms with Gasteiger partial charge in [-0.3, -0.25) is 0 Å². The van der Waals surface area contributed by atoms with Crippen molar-refractivity contribution in [1.82, 2.24) is 4.98 Å². The summed E-state index contributed by atoms with van der Waals surface area (Å²) >= 11 is 3.13. The Kier molecular flexibility index (Phi) is 4.07. The van der Waals surface area contributed by atoms with Gasteiger partial charge in [0.15, 0.2) is 0 Å². The molecule has 1 heterocycles. The molecule has 0 unspecified atom stereocenters. The largest absolute Gasteiger partial charge is 0.439 e. The van der Waals surface area contributed by atoms with E-state index in [0.29, 0.717) is 4.47 Å². The summed E-state index contributed by atoms with van der Waals surface area (Å²) in [7, 11) is 1.33. The summed E-state index contributed by atoms with van der Waals surface area (Å²) in [6.45, 7) is 0. The molecule has 1 aromatic carbocycles. The molecule has 0 saturated carbocycles. The molecule has 0 saturated heterocycles. The third kappa shape index (κ3) is 3.89. The maximum Gasteiger partial charge on any atom is 0.262 e. The Hall–Kier alpha value is -1.18. The number of ether oxygens (including phenoxy) is 1. The Bertz CT molecular complexity index is 686. The zero-order valence-corrected chi connectivity index (χ0v) is 12.3. The molecule has 19 heavy (non-hydrogen) atoms. The van der Waals surface area contributed by atoms with E-state index in [1.54, 1.807) is 6.07 Å². The molecule has 8 heteroatoms. The van der Waals surface area contributed by atoms with Gasteiger partial charge in [0.1, 0.15) is 16.5 Å². The average molecular weight is 367 g/mol. The molecule has 2 aromatic rings. The second-order valence-electron chi connectivity index (χ2n) is 3.48. The van der Waals surface area contributed by atoms with Gasteiger partial charge in [0.25, 0.3) is 9.05 Å². The van der Waals surface area contributed by atoms with Crippen molar-refractivity contribution in [3.05, 3.63) is 46.8 Å². The summed E-state index contributed by atoms with van der Waals surface area (Å²) in [5.74, 6) is -0.105. The SMILES string of the molecule is O=S(=O)(Cl)c1ccc(Oc2cc(F)cc(Br)c2)nc1. The lowest BCUT2D eigenvalue weighted by molar-refractivity contribution is 0.457. The maximum atomic E-state index is 13.1. The summed E-state index contributed by atoms with van der Waals surface area (Å²) in [6.07, 6.45) is 1.06. The predicted molar refractivity (Wildman–Crippen MR) is 71.4 cm³/mol. The predicted octanol–water partition coefficient (Wildman–Crippen LogP) is 3.70. The first-order valence-electron chi connectivity index (χ1n) is 4.89. The third-order valence-electron chi connectivity index (χ3n) is 2.05. The number of nitrogens with zero attached hydrogens (tertiary/aromatic N) is 1. The van der Waals surface area contributed by atoms with Gasteiger partial charge in [-0.2, -0.15) is 0 Å². The van der Waals surface area contributed by atoms with Gasteiger partial charge < -0.3 is 4.74 Å². The fourth-order valence-corrected chi connectivity index (χ4v) is 2.41. The van der Waals surface area contributed by atoms with Crippen LogP contribution in [-0.4, -0.2) is 13.4 Å². The zero-order valence-electron chi connectivity index (χ0n) is 9.18. The van der Waals surface area contributed by atoms with Crippen LogP contribution < -0.4 is 4.74 Å². The monoisotopic (exact) mass is 365 g/mol. The van der Waals surface area contributed by atoms with E-state index in [0.717, 1.165) is 6.20 Å². The van der Waals surface area contributed by atoms with Crippen molar-refractivity contribution in [1.29, 1.82) is 0 Å². The van der Waals surface area contributed by atoms with Crippen molar-refractivity contribution in [3.63, 3.8) is 0 Å². The number of aromatic nitrogens is 1. The second kappa shape index (κ2) is 5.44. The molecule has 2 rings (SSSR count). The Labute approximate surface area is 121 Å². The number of hydrogen-bond acceptors (Lipinski definition) is 4. The summed E-state index contributed by atoms with van der Waals surface area (Å²) in [5, 5.41) is 0. The molecule has 0 atom stereocenters. The molecule has 0 aliphatic heterocycles. The van der Waals surface area contributed by atoms with Crippen molar-refractivity contribution >= 4 is 35.7 Å². The fourth-order valence-electron chi connectivity index (χ4n) is 1.28. The highest BCUT2D eigenvalue weighted by atomic mass is 79.9. The lowest BCUT2D eigenvalue weighted by Gasteiger charge is -2.05. The minimum Gasteiger partial charge on any atom is -0.439 e. The molecular weight excluding hydrogens is 361 g/mol. The van der Waals surface area contributed by atoms with Gasteiger partial charge in [-0.1, -0.05) is 15.9 Å². The van der Waals surface area contributed by atoms with Crippen LogP contribution in [0.3, 0.4) is 0 Å². The Morgan fingerprint density at radius 3 is 2.53 bits per heavy atom. The van der Waals surface area contributed by atoms with Crippen LogP contribution >= 0.6 is 26.6 Å². The van der Waals surface area contributed by atoms with Crippen molar-refractivity contribution in [2.75, 3.05) is 0 Å². The first-order valence-corrected chi connectivity index (χ1v) is 7.99. The Morgan fingerprint density at radius 1 is 1.26 bits per heavy atom. The van der Waals surface area contributed by atoms with Gasteiger partial charge in [-0.05, 0) is 18.2 Å². The van der Waals surface area contributed by atoms with Gasteiger partial charge in [0, 0.05) is 27.3 Å². The molecule has 0 aliphatic carbocycles. The number of benzene rings is 1. The highest BCUT2D eigenvalue weighted by Crippen LogP contribution is 2.25. The van der Waals surface area contributed by atoms with E-state index in [2.05, 4.69) is 20.9 Å². The summed E-state index contributed by atoms with van der Waals surface area (Å²) < 4.78 is 41.0. The zero-order chi connectivity index (χ0) is 14.0. The molecule has 0 N–H and O–H groups in total. The number of halogens is 3. The maximum absolute atomic E-state index is 13.1. The molecule has 100 valence electrons. The molecule has 0 bridgehead atoms. The highest BCUT2D eigenvalue weighted by molar-refractivity contribution is 9.10. The number of rotatable bonds is 3. The Morgan fingerprint density at radius 2 is 2.00 bits per heavy atom. The number of hydrogen-bond donors (Lipinski definition) is 0. The smallest absolute Gasteiger partial charge is 0.262 e. The van der Waals surface area contributed by atoms with Crippen LogP contribution in [0.4, 0.5) is 4.39 Å². The second-order valence-corrected chi connectivity index (χ2v) is 6.96. The minimum atomic E-state index is -3.82. The van der Waals surface area contributed by atoms with Crippen LogP contribution in [0.1, 0.15) is 0 Å². The van der Waals surface area contributed by atoms with Gasteiger partial charge in [-0.25, -0.2) is 17.8 Å². The molecular formula is C11H6BrClFNO3S. The van der Waals surface area contributed by atoms with Crippen LogP contribution in [0.15, 0.2) is 45.9 Å². The summed E-state index contributed by atoms with van der Waals surface area (Å²) in [4.78, 5) is 3.64. The van der Waals surface area contributed by atoms with Crippen molar-refractivity contribution < 1.29 is 17.5 Å². The Balaban J connectivity index is 2.24. The molecule has 0 aliphatic rings. The average Bonchev–Trinajstić information content (AvgIpc) is 2.26. The fraction of sp³-hybridized carbons (Fsp3) is 0. The molecule has 1 aromatic heterocycles. The van der Waals surface area contributed by atoms with E-state index < -0.39 is 14.9 Å². The highest BCUT2D eigenvalue weighted by Gasteiger charge is 2.10. The van der Waals surface area contributed by atoms with E-state index in [-0.39, 0.29) is 16.5 Å². The van der Waals surface area contributed by atoms with Crippen molar-refractivity contribution in [2.24, 2.45) is 0 Å². The first-order chi connectivity index (χ1) is 8.84. The van der Waals surface area contributed by atoms with Gasteiger partial charge in [-0.15, -0.1) is 0 Å². The summed E-state index contributed by atoms with van der Waals surface area (Å²) in [6, 6.07) is 6.59. The quantitative estimate of drug-likeness (QED) is 0.777. The lowest BCUT2D eigenvalue weighted by atomic mass is 10.3. The molecule has 0 radical (unpaired) electrons. The van der Waals surface area contributed by atoms with Crippen LogP contribution in [-0.2, 0) is 9.05 Å². The van der Waals surface area contributed by atoms with Crippen LogP contribution in [0.2, 0.25) is 0 Å². The van der Waals surface area contributed by atoms with E-state index in [9.17, 15) is 12.8 Å². The molecule has 0 amide bonds. The normalized spacial score (nSPS) is 11.3. The molecule has 0 fully saturated rings. The van der Waals surface area contributed by atoms with E-state index in [4.69, 9.17) is 15.4 Å². The standard InChI is InChI=1S/C11H6BrClFNO3S/c12-7-3-8(14)5-9(4-7)18-11-2-1-10(6-15-11)19(13,16)17/h1-6H.